The Labute approximate surface area is 140 Å². The van der Waals surface area contributed by atoms with E-state index in [1.54, 1.807) is 42.5 Å². The van der Waals surface area contributed by atoms with Crippen molar-refractivity contribution < 1.29 is 19.1 Å². The smallest absolute Gasteiger partial charge is 0.331 e. The summed E-state index contributed by atoms with van der Waals surface area (Å²) >= 11 is 2.10. The molecule has 0 fully saturated rings. The van der Waals surface area contributed by atoms with Crippen LogP contribution in [0.2, 0.25) is 0 Å². The van der Waals surface area contributed by atoms with Gasteiger partial charge in [-0.1, -0.05) is 18.2 Å². The number of rotatable bonds is 3. The van der Waals surface area contributed by atoms with E-state index in [1.165, 1.54) is 0 Å². The first kappa shape index (κ1) is 14.7. The average molecular weight is 407 g/mol. The number of carbonyl (C=O) groups excluding carboxylic acids is 3. The molecule has 0 bridgehead atoms. The van der Waals surface area contributed by atoms with Gasteiger partial charge in [-0.05, 0) is 52.9 Å². The van der Waals surface area contributed by atoms with Gasteiger partial charge in [0.15, 0.2) is 0 Å². The Kier molecular flexibility index (Phi) is 3.93. The lowest BCUT2D eigenvalue weighted by Gasteiger charge is -2.12. The summed E-state index contributed by atoms with van der Waals surface area (Å²) in [6.07, 6.45) is 0. The van der Waals surface area contributed by atoms with Crippen LogP contribution in [0.5, 0.6) is 5.75 Å². The number of halogens is 1. The summed E-state index contributed by atoms with van der Waals surface area (Å²) in [7, 11) is 0. The molecule has 22 heavy (non-hydrogen) atoms. The number of hydrogen-bond donors (Lipinski definition) is 0. The van der Waals surface area contributed by atoms with Crippen LogP contribution in [0.25, 0.3) is 0 Å². The molecule has 0 N–H and O–H groups in total. The minimum atomic E-state index is -0.656. The predicted molar refractivity (Wildman–Crippen MR) is 86.6 cm³/mol. The molecule has 2 amide bonds. The van der Waals surface area contributed by atoms with Gasteiger partial charge in [-0.2, -0.15) is 0 Å². The molecule has 0 unspecified atom stereocenters. The highest BCUT2D eigenvalue weighted by Gasteiger charge is 2.36. The largest absolute Gasteiger partial charge is 0.425 e. The van der Waals surface area contributed by atoms with Gasteiger partial charge in [-0.25, -0.2) is 4.79 Å². The van der Waals surface area contributed by atoms with Crippen LogP contribution in [0.3, 0.4) is 0 Å². The maximum atomic E-state index is 12.1. The Morgan fingerprint density at radius 1 is 1.00 bits per heavy atom. The Hall–Kier alpha value is -2.22. The molecule has 3 rings (SSSR count). The minimum Gasteiger partial charge on any atom is -0.425 e. The van der Waals surface area contributed by atoms with Gasteiger partial charge in [0, 0.05) is 3.57 Å². The molecule has 2 aromatic carbocycles. The molecule has 0 radical (unpaired) electrons. The number of benzene rings is 2. The van der Waals surface area contributed by atoms with Crippen molar-refractivity contribution in [3.05, 3.63) is 63.2 Å². The van der Waals surface area contributed by atoms with Crippen LogP contribution < -0.4 is 4.74 Å². The van der Waals surface area contributed by atoms with Gasteiger partial charge in [0.25, 0.3) is 11.8 Å². The lowest BCUT2D eigenvalue weighted by atomic mass is 10.1. The number of hydrogen-bond acceptors (Lipinski definition) is 4. The van der Waals surface area contributed by atoms with E-state index in [9.17, 15) is 14.4 Å². The molecule has 2 aromatic rings. The number of carbonyl (C=O) groups is 3. The summed E-state index contributed by atoms with van der Waals surface area (Å²) in [6, 6.07) is 13.5. The molecule has 110 valence electrons. The number of ether oxygens (including phenoxy) is 1. The number of imide groups is 1. The first-order chi connectivity index (χ1) is 10.6. The van der Waals surface area contributed by atoms with Crippen molar-refractivity contribution in [3.63, 3.8) is 0 Å². The third kappa shape index (κ3) is 2.74. The molecular formula is C16H10INO4. The molecule has 1 heterocycles. The fourth-order valence-electron chi connectivity index (χ4n) is 2.21. The average Bonchev–Trinajstić information content (AvgIpc) is 2.73. The lowest BCUT2D eigenvalue weighted by molar-refractivity contribution is -0.134. The van der Waals surface area contributed by atoms with Crippen molar-refractivity contribution >= 4 is 40.4 Å². The number of fused-ring (bicyclic) bond motifs is 1. The quantitative estimate of drug-likeness (QED) is 0.340. The van der Waals surface area contributed by atoms with Gasteiger partial charge in [0.05, 0.1) is 11.1 Å². The summed E-state index contributed by atoms with van der Waals surface area (Å²) in [6.45, 7) is -0.405. The highest BCUT2D eigenvalue weighted by Crippen LogP contribution is 2.22. The van der Waals surface area contributed by atoms with Crippen LogP contribution in [0, 0.1) is 3.57 Å². The van der Waals surface area contributed by atoms with Crippen molar-refractivity contribution in [1.29, 1.82) is 0 Å². The minimum absolute atomic E-state index is 0.314. The maximum absolute atomic E-state index is 12.1. The first-order valence-electron chi connectivity index (χ1n) is 6.48. The number of nitrogens with zero attached hydrogens (tertiary/aromatic N) is 1. The molecule has 0 aliphatic carbocycles. The Morgan fingerprint density at radius 2 is 1.64 bits per heavy atom. The van der Waals surface area contributed by atoms with Gasteiger partial charge in [-0.15, -0.1) is 0 Å². The van der Waals surface area contributed by atoms with Gasteiger partial charge in [0.2, 0.25) is 0 Å². The summed E-state index contributed by atoms with van der Waals surface area (Å²) in [4.78, 5) is 37.1. The number of amides is 2. The van der Waals surface area contributed by atoms with Crippen LogP contribution >= 0.6 is 22.6 Å². The fraction of sp³-hybridized carbons (Fsp3) is 0.0625. The summed E-state index contributed by atoms with van der Waals surface area (Å²) in [5, 5.41) is 0. The van der Waals surface area contributed by atoms with Crippen molar-refractivity contribution in [3.8, 4) is 5.75 Å². The van der Waals surface area contributed by atoms with Crippen molar-refractivity contribution in [2.45, 2.75) is 0 Å². The van der Waals surface area contributed by atoms with E-state index in [4.69, 9.17) is 4.74 Å². The molecule has 0 atom stereocenters. The van der Waals surface area contributed by atoms with Crippen LogP contribution in [0.1, 0.15) is 20.7 Å². The molecular weight excluding hydrogens is 397 g/mol. The second-order valence-corrected chi connectivity index (χ2v) is 5.92. The van der Waals surface area contributed by atoms with Crippen LogP contribution in [0.15, 0.2) is 48.5 Å². The molecule has 1 aliphatic rings. The third-order valence-electron chi connectivity index (χ3n) is 3.19. The summed E-state index contributed by atoms with van der Waals surface area (Å²) in [5.74, 6) is -1.22. The predicted octanol–water partition coefficient (Wildman–Crippen LogP) is 2.49. The molecule has 0 spiro atoms. The zero-order valence-corrected chi connectivity index (χ0v) is 13.4. The topological polar surface area (TPSA) is 63.7 Å². The fourth-order valence-corrected chi connectivity index (χ4v) is 2.72. The third-order valence-corrected chi connectivity index (χ3v) is 3.86. The van der Waals surface area contributed by atoms with Gasteiger partial charge >= 0.3 is 5.97 Å². The Morgan fingerprint density at radius 3 is 2.23 bits per heavy atom. The molecule has 0 saturated heterocycles. The van der Waals surface area contributed by atoms with E-state index in [1.807, 2.05) is 6.07 Å². The molecule has 1 aliphatic heterocycles. The Balaban J connectivity index is 1.73. The Bertz CT molecular complexity index is 752. The van der Waals surface area contributed by atoms with Crippen molar-refractivity contribution in [2.24, 2.45) is 0 Å². The highest BCUT2D eigenvalue weighted by molar-refractivity contribution is 14.1. The summed E-state index contributed by atoms with van der Waals surface area (Å²) < 4.78 is 6.08. The molecule has 0 aromatic heterocycles. The van der Waals surface area contributed by atoms with Crippen molar-refractivity contribution in [1.82, 2.24) is 4.90 Å². The normalized spacial score (nSPS) is 13.2. The second kappa shape index (κ2) is 5.88. The van der Waals surface area contributed by atoms with E-state index in [0.717, 1.165) is 8.47 Å². The highest BCUT2D eigenvalue weighted by atomic mass is 127. The van der Waals surface area contributed by atoms with E-state index in [0.29, 0.717) is 16.9 Å². The van der Waals surface area contributed by atoms with E-state index >= 15 is 0 Å². The summed E-state index contributed by atoms with van der Waals surface area (Å²) in [5.41, 5.74) is 0.629. The SMILES string of the molecule is O=C(CN1C(=O)c2ccccc2C1=O)Oc1cccc(I)c1. The van der Waals surface area contributed by atoms with Gasteiger partial charge < -0.3 is 4.74 Å². The maximum Gasteiger partial charge on any atom is 0.331 e. The van der Waals surface area contributed by atoms with E-state index in [2.05, 4.69) is 22.6 Å². The van der Waals surface area contributed by atoms with Gasteiger partial charge in [-0.3, -0.25) is 14.5 Å². The van der Waals surface area contributed by atoms with Crippen LogP contribution in [-0.4, -0.2) is 29.2 Å². The van der Waals surface area contributed by atoms with Crippen molar-refractivity contribution in [2.75, 3.05) is 6.54 Å². The zero-order valence-electron chi connectivity index (χ0n) is 11.3. The number of esters is 1. The zero-order chi connectivity index (χ0) is 15.7. The molecule has 0 saturated carbocycles. The van der Waals surface area contributed by atoms with Gasteiger partial charge in [0.1, 0.15) is 12.3 Å². The lowest BCUT2D eigenvalue weighted by Crippen LogP contribution is -2.36. The van der Waals surface area contributed by atoms with E-state index < -0.39 is 24.3 Å². The standard InChI is InChI=1S/C16H10INO4/c17-10-4-3-5-11(8-10)22-14(19)9-18-15(20)12-6-1-2-7-13(12)16(18)21/h1-8H,9H2. The van der Waals surface area contributed by atoms with Crippen LogP contribution in [-0.2, 0) is 4.79 Å². The molecule has 5 nitrogen and oxygen atoms in total. The van der Waals surface area contributed by atoms with E-state index in [-0.39, 0.29) is 0 Å². The molecule has 6 heteroatoms. The second-order valence-electron chi connectivity index (χ2n) is 4.67. The monoisotopic (exact) mass is 407 g/mol. The van der Waals surface area contributed by atoms with Crippen LogP contribution in [0.4, 0.5) is 0 Å². The first-order valence-corrected chi connectivity index (χ1v) is 7.55.